The van der Waals surface area contributed by atoms with Crippen LogP contribution in [0.4, 0.5) is 11.8 Å². The lowest BCUT2D eigenvalue weighted by Gasteiger charge is -2.26. The summed E-state index contributed by atoms with van der Waals surface area (Å²) in [7, 11) is 0. The Kier molecular flexibility index (Phi) is 4.39. The second-order valence-electron chi connectivity index (χ2n) is 5.27. The Hall–Kier alpha value is -1.62. The van der Waals surface area contributed by atoms with Gasteiger partial charge in [-0.15, -0.1) is 0 Å². The van der Waals surface area contributed by atoms with Gasteiger partial charge in [0.15, 0.2) is 0 Å². The molecular weight excluding hydrogens is 328 g/mol. The van der Waals surface area contributed by atoms with Crippen molar-refractivity contribution in [2.75, 3.05) is 17.2 Å². The molecule has 2 aromatic rings. The minimum Gasteiger partial charge on any atom is -0.366 e. The van der Waals surface area contributed by atoms with Crippen LogP contribution in [0.15, 0.2) is 34.9 Å². The van der Waals surface area contributed by atoms with Gasteiger partial charge in [-0.3, -0.25) is 0 Å². The van der Waals surface area contributed by atoms with E-state index in [1.54, 1.807) is 6.20 Å². The van der Waals surface area contributed by atoms with Crippen molar-refractivity contribution >= 4 is 27.7 Å². The van der Waals surface area contributed by atoms with E-state index < -0.39 is 0 Å². The molecule has 0 saturated carbocycles. The van der Waals surface area contributed by atoms with Crippen LogP contribution < -0.4 is 10.6 Å². The lowest BCUT2D eigenvalue weighted by Crippen LogP contribution is -2.28. The zero-order valence-corrected chi connectivity index (χ0v) is 13.7. The highest BCUT2D eigenvalue weighted by Crippen LogP contribution is 2.26. The third-order valence-corrected chi connectivity index (χ3v) is 4.35. The highest BCUT2D eigenvalue weighted by atomic mass is 79.9. The molecular formula is C16H19BrN4. The van der Waals surface area contributed by atoms with Crippen molar-refractivity contribution in [3.05, 3.63) is 46.1 Å². The molecule has 1 aliphatic carbocycles. The Morgan fingerprint density at radius 2 is 2.10 bits per heavy atom. The zero-order valence-electron chi connectivity index (χ0n) is 12.1. The number of hydrogen-bond acceptors (Lipinski definition) is 4. The Morgan fingerprint density at radius 1 is 1.29 bits per heavy atom. The largest absolute Gasteiger partial charge is 0.366 e. The van der Waals surface area contributed by atoms with Crippen LogP contribution >= 0.6 is 15.9 Å². The first-order chi connectivity index (χ1) is 10.3. The molecule has 0 bridgehead atoms. The maximum atomic E-state index is 4.53. The highest BCUT2D eigenvalue weighted by molar-refractivity contribution is 9.10. The molecule has 1 aromatic carbocycles. The van der Waals surface area contributed by atoms with Crippen LogP contribution in [0.25, 0.3) is 0 Å². The van der Waals surface area contributed by atoms with Crippen LogP contribution in [0.2, 0.25) is 0 Å². The number of rotatable bonds is 4. The number of nitrogens with zero attached hydrogens (tertiary/aromatic N) is 2. The van der Waals surface area contributed by atoms with E-state index in [9.17, 15) is 0 Å². The summed E-state index contributed by atoms with van der Waals surface area (Å²) in [6.45, 7) is 2.86. The van der Waals surface area contributed by atoms with Gasteiger partial charge in [-0.25, -0.2) is 4.98 Å². The lowest BCUT2D eigenvalue weighted by atomic mass is 9.88. The summed E-state index contributed by atoms with van der Waals surface area (Å²) < 4.78 is 0.906. The molecule has 1 heterocycles. The second kappa shape index (κ2) is 6.43. The molecule has 21 heavy (non-hydrogen) atoms. The molecule has 0 fully saturated rings. The van der Waals surface area contributed by atoms with Gasteiger partial charge in [-0.1, -0.05) is 24.3 Å². The van der Waals surface area contributed by atoms with Crippen molar-refractivity contribution in [2.45, 2.75) is 32.2 Å². The molecule has 1 unspecified atom stereocenters. The van der Waals surface area contributed by atoms with Crippen LogP contribution in [0.3, 0.4) is 0 Å². The standard InChI is InChI=1S/C16H19BrN4/c1-2-18-16-19-10-14(17)15(21-16)20-13-8-7-11-5-3-4-6-12(11)9-13/h3-6,10,13H,2,7-9H2,1H3,(H2,18,19,20,21). The van der Waals surface area contributed by atoms with Gasteiger partial charge in [-0.2, -0.15) is 4.98 Å². The van der Waals surface area contributed by atoms with E-state index in [1.165, 1.54) is 11.1 Å². The summed E-state index contributed by atoms with van der Waals surface area (Å²) in [5.74, 6) is 1.53. The van der Waals surface area contributed by atoms with Crippen molar-refractivity contribution in [2.24, 2.45) is 0 Å². The van der Waals surface area contributed by atoms with E-state index in [2.05, 4.69) is 60.8 Å². The monoisotopic (exact) mass is 346 g/mol. The summed E-state index contributed by atoms with van der Waals surface area (Å²) in [4.78, 5) is 8.78. The summed E-state index contributed by atoms with van der Waals surface area (Å²) in [5, 5.41) is 6.70. The van der Waals surface area contributed by atoms with E-state index in [1.807, 2.05) is 6.92 Å². The van der Waals surface area contributed by atoms with Crippen molar-refractivity contribution in [3.63, 3.8) is 0 Å². The molecule has 5 heteroatoms. The van der Waals surface area contributed by atoms with E-state index in [0.717, 1.165) is 36.1 Å². The van der Waals surface area contributed by atoms with E-state index in [4.69, 9.17) is 0 Å². The van der Waals surface area contributed by atoms with Crippen molar-refractivity contribution < 1.29 is 0 Å². The predicted molar refractivity (Wildman–Crippen MR) is 89.8 cm³/mol. The molecule has 2 N–H and O–H groups in total. The van der Waals surface area contributed by atoms with Crippen LogP contribution in [-0.4, -0.2) is 22.6 Å². The van der Waals surface area contributed by atoms with Gasteiger partial charge in [0.25, 0.3) is 0 Å². The molecule has 0 spiro atoms. The van der Waals surface area contributed by atoms with Crippen molar-refractivity contribution in [1.29, 1.82) is 0 Å². The lowest BCUT2D eigenvalue weighted by molar-refractivity contribution is 0.608. The average Bonchev–Trinajstić information content (AvgIpc) is 2.51. The summed E-state index contributed by atoms with van der Waals surface area (Å²) in [6, 6.07) is 9.11. The van der Waals surface area contributed by atoms with Crippen LogP contribution in [0, 0.1) is 0 Å². The molecule has 1 atom stereocenters. The normalized spacial score (nSPS) is 17.1. The first-order valence-corrected chi connectivity index (χ1v) is 8.15. The van der Waals surface area contributed by atoms with Gasteiger partial charge >= 0.3 is 0 Å². The van der Waals surface area contributed by atoms with E-state index in [-0.39, 0.29) is 0 Å². The minimum absolute atomic E-state index is 0.417. The first kappa shape index (κ1) is 14.3. The number of benzene rings is 1. The van der Waals surface area contributed by atoms with Crippen molar-refractivity contribution in [1.82, 2.24) is 9.97 Å². The third kappa shape index (κ3) is 3.35. The molecule has 0 radical (unpaired) electrons. The Balaban J connectivity index is 1.74. The number of aryl methyl sites for hydroxylation is 1. The molecule has 1 aromatic heterocycles. The fourth-order valence-corrected chi connectivity index (χ4v) is 3.03. The topological polar surface area (TPSA) is 49.8 Å². The van der Waals surface area contributed by atoms with Crippen LogP contribution in [0.5, 0.6) is 0 Å². The molecule has 4 nitrogen and oxygen atoms in total. The van der Waals surface area contributed by atoms with Gasteiger partial charge in [0, 0.05) is 18.8 Å². The van der Waals surface area contributed by atoms with Gasteiger partial charge in [0.05, 0.1) is 4.47 Å². The minimum atomic E-state index is 0.417. The van der Waals surface area contributed by atoms with E-state index >= 15 is 0 Å². The molecule has 110 valence electrons. The van der Waals surface area contributed by atoms with Crippen molar-refractivity contribution in [3.8, 4) is 0 Å². The molecule has 0 aliphatic heterocycles. The Bertz CT molecular complexity index is 629. The smallest absolute Gasteiger partial charge is 0.224 e. The van der Waals surface area contributed by atoms with Gasteiger partial charge in [0.1, 0.15) is 5.82 Å². The predicted octanol–water partition coefficient (Wildman–Crippen LogP) is 3.64. The van der Waals surface area contributed by atoms with E-state index in [0.29, 0.717) is 12.0 Å². The number of fused-ring (bicyclic) bond motifs is 1. The van der Waals surface area contributed by atoms with Gasteiger partial charge in [0.2, 0.25) is 5.95 Å². The number of halogens is 1. The zero-order chi connectivity index (χ0) is 14.7. The maximum Gasteiger partial charge on any atom is 0.224 e. The number of hydrogen-bond donors (Lipinski definition) is 2. The fourth-order valence-electron chi connectivity index (χ4n) is 2.73. The highest BCUT2D eigenvalue weighted by Gasteiger charge is 2.19. The molecule has 0 saturated heterocycles. The average molecular weight is 347 g/mol. The SMILES string of the molecule is CCNc1ncc(Br)c(NC2CCc3ccccc3C2)n1. The molecule has 3 rings (SSSR count). The number of nitrogens with one attached hydrogen (secondary N) is 2. The number of aromatic nitrogens is 2. The molecule has 0 amide bonds. The maximum absolute atomic E-state index is 4.53. The fraction of sp³-hybridized carbons (Fsp3) is 0.375. The Morgan fingerprint density at radius 3 is 2.90 bits per heavy atom. The van der Waals surface area contributed by atoms with Gasteiger partial charge in [-0.05, 0) is 53.2 Å². The first-order valence-electron chi connectivity index (χ1n) is 7.36. The Labute approximate surface area is 133 Å². The summed E-state index contributed by atoms with van der Waals surface area (Å²) >= 11 is 3.52. The van der Waals surface area contributed by atoms with Crippen LogP contribution in [0.1, 0.15) is 24.5 Å². The number of anilines is 2. The quantitative estimate of drug-likeness (QED) is 0.887. The third-order valence-electron chi connectivity index (χ3n) is 3.77. The van der Waals surface area contributed by atoms with Crippen LogP contribution in [-0.2, 0) is 12.8 Å². The summed E-state index contributed by atoms with van der Waals surface area (Å²) in [6.07, 6.45) is 5.09. The second-order valence-corrected chi connectivity index (χ2v) is 6.13. The summed E-state index contributed by atoms with van der Waals surface area (Å²) in [5.41, 5.74) is 2.92. The molecule has 1 aliphatic rings. The van der Waals surface area contributed by atoms with Gasteiger partial charge < -0.3 is 10.6 Å².